The molecule has 264 valence electrons. The molecule has 0 amide bonds. The SMILES string of the molecule is O=C1c2ccccc2C(=O)c2c(OCCn3c[n+](Cc4ccccc4)c4ccccc43)ccc(OCCn3c[n+](Cc4ccccc4)c4ccccc43)c21. The van der Waals surface area contributed by atoms with Crippen molar-refractivity contribution in [3.63, 3.8) is 0 Å². The monoisotopic (exact) mass is 710 g/mol. The van der Waals surface area contributed by atoms with Gasteiger partial charge in [-0.25, -0.2) is 18.3 Å². The van der Waals surface area contributed by atoms with Crippen molar-refractivity contribution < 1.29 is 28.2 Å². The highest BCUT2D eigenvalue weighted by Crippen LogP contribution is 2.39. The van der Waals surface area contributed by atoms with E-state index in [0.29, 0.717) is 48.9 Å². The van der Waals surface area contributed by atoms with Crippen LogP contribution in [0, 0.1) is 0 Å². The number of carbonyl (C=O) groups excluding carboxylic acids is 2. The molecule has 0 N–H and O–H groups in total. The lowest BCUT2D eigenvalue weighted by Gasteiger charge is -2.22. The number of para-hydroxylation sites is 4. The number of hydrogen-bond acceptors (Lipinski definition) is 4. The summed E-state index contributed by atoms with van der Waals surface area (Å²) in [6.45, 7) is 3.17. The molecule has 8 heteroatoms. The summed E-state index contributed by atoms with van der Waals surface area (Å²) in [7, 11) is 0. The van der Waals surface area contributed by atoms with E-state index in [-0.39, 0.29) is 22.7 Å². The van der Waals surface area contributed by atoms with Crippen molar-refractivity contribution >= 4 is 33.6 Å². The second-order valence-corrected chi connectivity index (χ2v) is 13.5. The van der Waals surface area contributed by atoms with Gasteiger partial charge in [-0.15, -0.1) is 0 Å². The molecule has 0 bridgehead atoms. The van der Waals surface area contributed by atoms with Gasteiger partial charge in [0.25, 0.3) is 0 Å². The second kappa shape index (κ2) is 14.3. The van der Waals surface area contributed by atoms with Crippen LogP contribution in [0.3, 0.4) is 0 Å². The van der Waals surface area contributed by atoms with Gasteiger partial charge in [0, 0.05) is 11.1 Å². The number of nitrogens with zero attached hydrogens (tertiary/aromatic N) is 4. The largest absolute Gasteiger partial charge is 0.489 e. The molecule has 54 heavy (non-hydrogen) atoms. The topological polar surface area (TPSA) is 70.2 Å². The van der Waals surface area contributed by atoms with Gasteiger partial charge in [0.05, 0.1) is 11.1 Å². The Morgan fingerprint density at radius 2 is 0.833 bits per heavy atom. The van der Waals surface area contributed by atoms with E-state index in [1.54, 1.807) is 36.4 Å². The molecule has 0 radical (unpaired) electrons. The average molecular weight is 711 g/mol. The van der Waals surface area contributed by atoms with Crippen molar-refractivity contribution in [1.29, 1.82) is 0 Å². The molecule has 0 aliphatic heterocycles. The van der Waals surface area contributed by atoms with Crippen molar-refractivity contribution in [2.45, 2.75) is 26.2 Å². The van der Waals surface area contributed by atoms with Crippen LogP contribution in [0.25, 0.3) is 22.1 Å². The van der Waals surface area contributed by atoms with Crippen molar-refractivity contribution in [3.8, 4) is 11.5 Å². The summed E-state index contributed by atoms with van der Waals surface area (Å²) in [4.78, 5) is 28.2. The van der Waals surface area contributed by atoms with Gasteiger partial charge >= 0.3 is 0 Å². The van der Waals surface area contributed by atoms with E-state index in [4.69, 9.17) is 9.47 Å². The quantitative estimate of drug-likeness (QED) is 0.126. The summed E-state index contributed by atoms with van der Waals surface area (Å²) in [5, 5.41) is 0. The van der Waals surface area contributed by atoms with E-state index in [1.807, 2.05) is 36.4 Å². The number of aromatic nitrogens is 4. The van der Waals surface area contributed by atoms with Crippen LogP contribution in [0.4, 0.5) is 0 Å². The Bertz CT molecular complexity index is 2480. The molecular formula is C46H38N4O4+2. The van der Waals surface area contributed by atoms with Crippen LogP contribution in [0.2, 0.25) is 0 Å². The minimum absolute atomic E-state index is 0.244. The van der Waals surface area contributed by atoms with Gasteiger partial charge in [-0.05, 0) is 47.5 Å². The van der Waals surface area contributed by atoms with Crippen LogP contribution in [0.5, 0.6) is 11.5 Å². The van der Waals surface area contributed by atoms with Gasteiger partial charge < -0.3 is 9.47 Å². The molecule has 0 fully saturated rings. The maximum atomic E-state index is 14.1. The summed E-state index contributed by atoms with van der Waals surface area (Å²) in [5.74, 6) is 0.256. The molecule has 0 saturated heterocycles. The van der Waals surface area contributed by atoms with Crippen molar-refractivity contribution in [2.24, 2.45) is 0 Å². The van der Waals surface area contributed by atoms with Gasteiger partial charge in [0.15, 0.2) is 33.6 Å². The van der Waals surface area contributed by atoms with Gasteiger partial charge in [0.1, 0.15) is 50.9 Å². The third kappa shape index (κ3) is 6.21. The second-order valence-electron chi connectivity index (χ2n) is 13.5. The number of ether oxygens (including phenoxy) is 2. The van der Waals surface area contributed by atoms with E-state index in [1.165, 1.54) is 11.1 Å². The lowest BCUT2D eigenvalue weighted by Crippen LogP contribution is -2.32. The fourth-order valence-corrected chi connectivity index (χ4v) is 7.57. The summed E-state index contributed by atoms with van der Waals surface area (Å²) in [6, 6.07) is 47.8. The maximum Gasteiger partial charge on any atom is 0.245 e. The highest BCUT2D eigenvalue weighted by Gasteiger charge is 2.35. The number of ketones is 2. The minimum Gasteiger partial charge on any atom is -0.489 e. The molecule has 0 atom stereocenters. The highest BCUT2D eigenvalue weighted by atomic mass is 16.5. The molecule has 1 aliphatic rings. The molecule has 8 nitrogen and oxygen atoms in total. The normalized spacial score (nSPS) is 12.2. The average Bonchev–Trinajstić information content (AvgIpc) is 3.75. The van der Waals surface area contributed by atoms with Crippen LogP contribution >= 0.6 is 0 Å². The Hall–Kier alpha value is -6.80. The zero-order chi connectivity index (χ0) is 36.4. The first-order valence-electron chi connectivity index (χ1n) is 18.3. The number of benzene rings is 6. The Balaban J connectivity index is 0.972. The fourth-order valence-electron chi connectivity index (χ4n) is 7.57. The smallest absolute Gasteiger partial charge is 0.245 e. The van der Waals surface area contributed by atoms with Crippen molar-refractivity contribution in [2.75, 3.05) is 13.2 Å². The van der Waals surface area contributed by atoms with Gasteiger partial charge in [-0.2, -0.15) is 0 Å². The standard InChI is InChI=1S/C46H38N4O4/c51-45-35-17-7-8-18-36(35)46(52)44-42(54-28-26-48-32-50(30-34-15-5-2-6-16-34)40-22-12-10-20-38(40)48)24-23-41(43(44)45)53-27-25-47-31-49(29-33-13-3-1-4-14-33)39-21-11-9-19-37(39)47/h1-24,31-32H,25-30H2/q+2. The first-order valence-corrected chi connectivity index (χ1v) is 18.3. The van der Waals surface area contributed by atoms with E-state index in [9.17, 15) is 9.59 Å². The molecule has 0 spiro atoms. The van der Waals surface area contributed by atoms with Crippen LogP contribution in [0.15, 0.2) is 158 Å². The van der Waals surface area contributed by atoms with Gasteiger partial charge in [0.2, 0.25) is 12.7 Å². The molecule has 2 aromatic heterocycles. The molecule has 0 saturated carbocycles. The summed E-state index contributed by atoms with van der Waals surface area (Å²) in [6.07, 6.45) is 4.21. The van der Waals surface area contributed by atoms with Gasteiger partial charge in [-0.3, -0.25) is 9.59 Å². The lowest BCUT2D eigenvalue weighted by molar-refractivity contribution is -0.663. The van der Waals surface area contributed by atoms with E-state index >= 15 is 0 Å². The lowest BCUT2D eigenvalue weighted by atomic mass is 9.83. The van der Waals surface area contributed by atoms with Crippen molar-refractivity contribution in [3.05, 3.63) is 192 Å². The Morgan fingerprint density at radius 1 is 0.444 bits per heavy atom. The van der Waals surface area contributed by atoms with E-state index in [2.05, 4.69) is 104 Å². The molecule has 2 heterocycles. The zero-order valence-electron chi connectivity index (χ0n) is 29.7. The summed E-state index contributed by atoms with van der Waals surface area (Å²) < 4.78 is 21.6. The number of imidazole rings is 2. The zero-order valence-corrected chi connectivity index (χ0v) is 29.7. The van der Waals surface area contributed by atoms with Crippen LogP contribution in [0.1, 0.15) is 43.0 Å². The van der Waals surface area contributed by atoms with Gasteiger partial charge in [-0.1, -0.05) is 109 Å². The third-order valence-electron chi connectivity index (χ3n) is 10.1. The third-order valence-corrected chi connectivity index (χ3v) is 10.1. The first-order chi connectivity index (χ1) is 26.6. The highest BCUT2D eigenvalue weighted by molar-refractivity contribution is 6.30. The molecule has 1 aliphatic carbocycles. The summed E-state index contributed by atoms with van der Waals surface area (Å²) in [5.41, 5.74) is 8.09. The predicted molar refractivity (Wildman–Crippen MR) is 206 cm³/mol. The van der Waals surface area contributed by atoms with Crippen LogP contribution < -0.4 is 18.6 Å². The van der Waals surface area contributed by atoms with Crippen molar-refractivity contribution in [1.82, 2.24) is 9.13 Å². The molecule has 0 unspecified atom stereocenters. The maximum absolute atomic E-state index is 14.1. The Kier molecular flexibility index (Phi) is 8.77. The Morgan fingerprint density at radius 3 is 1.28 bits per heavy atom. The van der Waals surface area contributed by atoms with E-state index < -0.39 is 0 Å². The van der Waals surface area contributed by atoms with Crippen LogP contribution in [-0.2, 0) is 26.2 Å². The molecule has 9 rings (SSSR count). The summed E-state index contributed by atoms with van der Waals surface area (Å²) >= 11 is 0. The number of rotatable bonds is 12. The van der Waals surface area contributed by atoms with Crippen LogP contribution in [-0.4, -0.2) is 33.9 Å². The number of fused-ring (bicyclic) bond motifs is 4. The first kappa shape index (κ1) is 33.1. The Labute approximate surface area is 312 Å². The number of hydrogen-bond donors (Lipinski definition) is 0. The molecular weight excluding hydrogens is 673 g/mol. The minimum atomic E-state index is -0.244. The fraction of sp³-hybridized carbons (Fsp3) is 0.130. The number of carbonyl (C=O) groups is 2. The predicted octanol–water partition coefficient (Wildman–Crippen LogP) is 7.20. The molecule has 6 aromatic carbocycles. The van der Waals surface area contributed by atoms with E-state index in [0.717, 1.165) is 35.2 Å². The molecule has 8 aromatic rings.